The number of carbonyl (C=O) groups is 2. The second-order valence-electron chi connectivity index (χ2n) is 7.35. The first-order valence-electron chi connectivity index (χ1n) is 8.42. The Morgan fingerprint density at radius 1 is 1.29 bits per heavy atom. The van der Waals surface area contributed by atoms with Crippen molar-refractivity contribution >= 4 is 12.1 Å². The summed E-state index contributed by atoms with van der Waals surface area (Å²) in [6.07, 6.45) is 11.0. The maximum atomic E-state index is 11.8. The van der Waals surface area contributed by atoms with Gasteiger partial charge in [-0.1, -0.05) is 23.6 Å². The monoisotopic (exact) mass is 286 g/mol. The molecule has 0 aromatic heterocycles. The van der Waals surface area contributed by atoms with Gasteiger partial charge in [0.15, 0.2) is 5.78 Å². The number of hydrogen-bond donors (Lipinski definition) is 0. The molecule has 0 bridgehead atoms. The van der Waals surface area contributed by atoms with Crippen LogP contribution in [-0.4, -0.2) is 12.1 Å². The molecule has 0 aromatic rings. The Balaban J connectivity index is 1.92. The average molecular weight is 286 g/mol. The van der Waals surface area contributed by atoms with Crippen molar-refractivity contribution in [2.75, 3.05) is 0 Å². The van der Waals surface area contributed by atoms with Crippen LogP contribution in [0.25, 0.3) is 0 Å². The van der Waals surface area contributed by atoms with Gasteiger partial charge in [-0.05, 0) is 68.8 Å². The van der Waals surface area contributed by atoms with E-state index in [4.69, 9.17) is 0 Å². The number of rotatable bonds is 3. The second-order valence-corrected chi connectivity index (χ2v) is 7.35. The fraction of sp³-hybridized carbons (Fsp3) is 0.684. The third-order valence-corrected chi connectivity index (χ3v) is 6.35. The molecule has 3 aliphatic carbocycles. The molecule has 21 heavy (non-hydrogen) atoms. The highest BCUT2D eigenvalue weighted by molar-refractivity contribution is 5.91. The summed E-state index contributed by atoms with van der Waals surface area (Å²) in [4.78, 5) is 22.5. The van der Waals surface area contributed by atoms with Crippen molar-refractivity contribution in [3.63, 3.8) is 0 Å². The van der Waals surface area contributed by atoms with Crippen LogP contribution >= 0.6 is 0 Å². The van der Waals surface area contributed by atoms with Crippen LogP contribution in [0.15, 0.2) is 22.8 Å². The van der Waals surface area contributed by atoms with Gasteiger partial charge in [-0.15, -0.1) is 0 Å². The molecule has 1 fully saturated rings. The first-order valence-corrected chi connectivity index (χ1v) is 8.42. The molecule has 0 aliphatic heterocycles. The lowest BCUT2D eigenvalue weighted by Crippen LogP contribution is -2.43. The van der Waals surface area contributed by atoms with Crippen LogP contribution in [0.4, 0.5) is 0 Å². The van der Waals surface area contributed by atoms with Gasteiger partial charge in [0, 0.05) is 12.8 Å². The molecule has 0 saturated heterocycles. The Morgan fingerprint density at radius 2 is 2.10 bits per heavy atom. The third-order valence-electron chi connectivity index (χ3n) is 6.35. The Hall–Kier alpha value is -1.18. The Labute approximate surface area is 127 Å². The Bertz CT molecular complexity index is 526. The maximum absolute atomic E-state index is 11.8. The zero-order valence-electron chi connectivity index (χ0n) is 13.3. The lowest BCUT2D eigenvalue weighted by atomic mass is 9.52. The van der Waals surface area contributed by atoms with Crippen molar-refractivity contribution in [2.24, 2.45) is 17.3 Å². The minimum atomic E-state index is 0.226. The molecule has 0 N–H and O–H groups in total. The van der Waals surface area contributed by atoms with E-state index in [2.05, 4.69) is 13.8 Å². The first kappa shape index (κ1) is 14.7. The number of ketones is 1. The van der Waals surface area contributed by atoms with Gasteiger partial charge < -0.3 is 4.79 Å². The van der Waals surface area contributed by atoms with Crippen LogP contribution in [0.1, 0.15) is 65.2 Å². The van der Waals surface area contributed by atoms with E-state index >= 15 is 0 Å². The SMILES string of the molecule is CC1=C(CCC=O)C2CCC3=CC(=O)CC[C@]3(C)C2CC1. The standard InChI is InChI=1S/C19H26O2/c1-13-5-8-18-17(16(13)4-3-11-20)7-6-14-12-15(21)9-10-19(14,18)2/h11-12,17-18H,3-10H2,1-2H3/t17?,18?,19-/m0/s1. The van der Waals surface area contributed by atoms with E-state index in [1.807, 2.05) is 6.08 Å². The Kier molecular flexibility index (Phi) is 3.90. The van der Waals surface area contributed by atoms with Gasteiger partial charge in [0.25, 0.3) is 0 Å². The van der Waals surface area contributed by atoms with Crippen molar-refractivity contribution in [3.8, 4) is 0 Å². The molecule has 3 aliphatic rings. The fourth-order valence-electron chi connectivity index (χ4n) is 5.11. The van der Waals surface area contributed by atoms with Gasteiger partial charge in [0.05, 0.1) is 0 Å². The normalized spacial score (nSPS) is 35.9. The summed E-state index contributed by atoms with van der Waals surface area (Å²) in [5.41, 5.74) is 4.73. The minimum absolute atomic E-state index is 0.226. The zero-order chi connectivity index (χ0) is 15.0. The predicted octanol–water partition coefficient (Wildman–Crippen LogP) is 4.40. The molecule has 0 radical (unpaired) electrons. The lowest BCUT2D eigenvalue weighted by molar-refractivity contribution is -0.116. The van der Waals surface area contributed by atoms with E-state index in [9.17, 15) is 9.59 Å². The maximum Gasteiger partial charge on any atom is 0.155 e. The van der Waals surface area contributed by atoms with E-state index in [1.165, 1.54) is 30.4 Å². The van der Waals surface area contributed by atoms with Gasteiger partial charge in [0.2, 0.25) is 0 Å². The molecule has 2 heteroatoms. The van der Waals surface area contributed by atoms with E-state index in [1.54, 1.807) is 5.57 Å². The topological polar surface area (TPSA) is 34.1 Å². The van der Waals surface area contributed by atoms with Gasteiger partial charge in [-0.25, -0.2) is 0 Å². The van der Waals surface area contributed by atoms with Gasteiger partial charge in [-0.3, -0.25) is 4.79 Å². The molecule has 1 saturated carbocycles. The quantitative estimate of drug-likeness (QED) is 0.569. The highest BCUT2D eigenvalue weighted by Crippen LogP contribution is 2.58. The molecule has 0 heterocycles. The van der Waals surface area contributed by atoms with E-state index < -0.39 is 0 Å². The van der Waals surface area contributed by atoms with Crippen LogP contribution in [0, 0.1) is 17.3 Å². The molecule has 0 amide bonds. The van der Waals surface area contributed by atoms with Crippen LogP contribution in [0.5, 0.6) is 0 Å². The number of carbonyl (C=O) groups excluding carboxylic acids is 2. The van der Waals surface area contributed by atoms with Gasteiger partial charge >= 0.3 is 0 Å². The van der Waals surface area contributed by atoms with E-state index in [-0.39, 0.29) is 5.41 Å². The van der Waals surface area contributed by atoms with E-state index in [0.29, 0.717) is 24.0 Å². The minimum Gasteiger partial charge on any atom is -0.303 e. The molecule has 0 spiro atoms. The highest BCUT2D eigenvalue weighted by atomic mass is 16.1. The summed E-state index contributed by atoms with van der Waals surface area (Å²) in [5.74, 6) is 1.65. The van der Waals surface area contributed by atoms with Crippen LogP contribution in [-0.2, 0) is 9.59 Å². The average Bonchev–Trinajstić information content (AvgIpc) is 2.47. The van der Waals surface area contributed by atoms with Crippen LogP contribution in [0.2, 0.25) is 0 Å². The first-order chi connectivity index (χ1) is 10.1. The van der Waals surface area contributed by atoms with Crippen LogP contribution in [0.3, 0.4) is 0 Å². The van der Waals surface area contributed by atoms with Crippen molar-refractivity contribution in [2.45, 2.75) is 65.2 Å². The lowest BCUT2D eigenvalue weighted by Gasteiger charge is -2.52. The number of aldehydes is 1. The molecule has 0 aromatic carbocycles. The number of fused-ring (bicyclic) bond motifs is 3. The summed E-state index contributed by atoms with van der Waals surface area (Å²) < 4.78 is 0. The molecule has 2 nitrogen and oxygen atoms in total. The smallest absolute Gasteiger partial charge is 0.155 e. The molecule has 114 valence electrons. The molecular formula is C19H26O2. The summed E-state index contributed by atoms with van der Waals surface area (Å²) in [7, 11) is 0. The summed E-state index contributed by atoms with van der Waals surface area (Å²) >= 11 is 0. The van der Waals surface area contributed by atoms with Gasteiger partial charge in [-0.2, -0.15) is 0 Å². The predicted molar refractivity (Wildman–Crippen MR) is 83.9 cm³/mol. The third kappa shape index (κ3) is 2.43. The number of hydrogen-bond acceptors (Lipinski definition) is 2. The fourth-order valence-corrected chi connectivity index (χ4v) is 5.11. The summed E-state index contributed by atoms with van der Waals surface area (Å²) in [6, 6.07) is 0. The zero-order valence-corrected chi connectivity index (χ0v) is 13.3. The molecule has 3 atom stereocenters. The van der Waals surface area contributed by atoms with Gasteiger partial charge in [0.1, 0.15) is 6.29 Å². The van der Waals surface area contributed by atoms with Crippen LogP contribution < -0.4 is 0 Å². The highest BCUT2D eigenvalue weighted by Gasteiger charge is 2.48. The van der Waals surface area contributed by atoms with E-state index in [0.717, 1.165) is 32.0 Å². The van der Waals surface area contributed by atoms with Crippen molar-refractivity contribution < 1.29 is 9.59 Å². The largest absolute Gasteiger partial charge is 0.303 e. The molecule has 3 rings (SSSR count). The summed E-state index contributed by atoms with van der Waals surface area (Å²) in [5, 5.41) is 0. The number of allylic oxidation sites excluding steroid dienone is 4. The van der Waals surface area contributed by atoms with Crippen molar-refractivity contribution in [3.05, 3.63) is 22.8 Å². The second kappa shape index (κ2) is 5.55. The van der Waals surface area contributed by atoms with Crippen molar-refractivity contribution in [1.29, 1.82) is 0 Å². The van der Waals surface area contributed by atoms with Crippen molar-refractivity contribution in [1.82, 2.24) is 0 Å². The molecule has 2 unspecified atom stereocenters. The summed E-state index contributed by atoms with van der Waals surface area (Å²) in [6.45, 7) is 4.65. The Morgan fingerprint density at radius 3 is 2.86 bits per heavy atom. The molecular weight excluding hydrogens is 260 g/mol.